The average Bonchev–Trinajstić information content (AvgIpc) is 2.72. The van der Waals surface area contributed by atoms with Gasteiger partial charge in [0, 0.05) is 0 Å². The maximum atomic E-state index is 10.9. The zero-order chi connectivity index (χ0) is 12.8. The SMILES string of the molecule is CC.COC(=O)Nc1nc2ccc(C)cc2[nH]1. The molecule has 92 valence electrons. The monoisotopic (exact) mass is 235 g/mol. The normalized spacial score (nSPS) is 9.41. The molecule has 0 aliphatic carbocycles. The first-order chi connectivity index (χ1) is 8.19. The van der Waals surface area contributed by atoms with Gasteiger partial charge >= 0.3 is 6.09 Å². The van der Waals surface area contributed by atoms with Crippen molar-refractivity contribution in [1.82, 2.24) is 9.97 Å². The van der Waals surface area contributed by atoms with E-state index in [4.69, 9.17) is 0 Å². The summed E-state index contributed by atoms with van der Waals surface area (Å²) in [5.41, 5.74) is 2.84. The number of aryl methyl sites for hydroxylation is 1. The van der Waals surface area contributed by atoms with E-state index in [2.05, 4.69) is 20.0 Å². The number of nitrogens with zero attached hydrogens (tertiary/aromatic N) is 1. The van der Waals surface area contributed by atoms with Gasteiger partial charge in [0.05, 0.1) is 18.1 Å². The molecule has 0 saturated carbocycles. The molecule has 0 aliphatic rings. The van der Waals surface area contributed by atoms with Gasteiger partial charge in [0.2, 0.25) is 5.95 Å². The molecule has 0 bridgehead atoms. The summed E-state index contributed by atoms with van der Waals surface area (Å²) in [6.45, 7) is 5.99. The topological polar surface area (TPSA) is 67.0 Å². The molecule has 0 fully saturated rings. The van der Waals surface area contributed by atoms with Crippen molar-refractivity contribution in [2.75, 3.05) is 12.4 Å². The van der Waals surface area contributed by atoms with Gasteiger partial charge in [-0.3, -0.25) is 5.32 Å². The molecule has 5 nitrogen and oxygen atoms in total. The van der Waals surface area contributed by atoms with Crippen LogP contribution in [0.2, 0.25) is 0 Å². The lowest BCUT2D eigenvalue weighted by Crippen LogP contribution is -2.11. The molecule has 2 rings (SSSR count). The van der Waals surface area contributed by atoms with E-state index in [0.29, 0.717) is 5.95 Å². The lowest BCUT2D eigenvalue weighted by Gasteiger charge is -1.96. The number of hydrogen-bond acceptors (Lipinski definition) is 3. The number of amides is 1. The van der Waals surface area contributed by atoms with E-state index in [0.717, 1.165) is 16.6 Å². The van der Waals surface area contributed by atoms with Gasteiger partial charge in [-0.05, 0) is 24.6 Å². The summed E-state index contributed by atoms with van der Waals surface area (Å²) in [6.07, 6.45) is -0.536. The lowest BCUT2D eigenvalue weighted by molar-refractivity contribution is 0.186. The second-order valence-corrected chi connectivity index (χ2v) is 3.22. The summed E-state index contributed by atoms with van der Waals surface area (Å²) in [5, 5.41) is 2.47. The van der Waals surface area contributed by atoms with Crippen LogP contribution in [-0.2, 0) is 4.74 Å². The predicted molar refractivity (Wildman–Crippen MR) is 68.2 cm³/mol. The van der Waals surface area contributed by atoms with Gasteiger partial charge < -0.3 is 9.72 Å². The Kier molecular flexibility index (Phi) is 4.51. The fourth-order valence-electron chi connectivity index (χ4n) is 1.33. The predicted octanol–water partition coefficient (Wildman–Crippen LogP) is 3.08. The first-order valence-electron chi connectivity index (χ1n) is 5.50. The van der Waals surface area contributed by atoms with Gasteiger partial charge in [-0.2, -0.15) is 0 Å². The first-order valence-corrected chi connectivity index (χ1v) is 5.50. The standard InChI is InChI=1S/C10H11N3O2.C2H6/c1-6-3-4-7-8(5-6)12-9(11-7)13-10(14)15-2;1-2/h3-5H,1-2H3,(H2,11,12,13,14);1-2H3. The molecular weight excluding hydrogens is 218 g/mol. The number of aromatic amines is 1. The number of aromatic nitrogens is 2. The third-order valence-electron chi connectivity index (χ3n) is 2.04. The van der Waals surface area contributed by atoms with Gasteiger partial charge in [-0.1, -0.05) is 19.9 Å². The molecule has 0 unspecified atom stereocenters. The Bertz CT molecular complexity index is 505. The van der Waals surface area contributed by atoms with Gasteiger partial charge in [-0.25, -0.2) is 9.78 Å². The highest BCUT2D eigenvalue weighted by atomic mass is 16.5. The highest BCUT2D eigenvalue weighted by Gasteiger charge is 2.05. The van der Waals surface area contributed by atoms with Crippen molar-refractivity contribution in [1.29, 1.82) is 0 Å². The van der Waals surface area contributed by atoms with Crippen LogP contribution in [0.4, 0.5) is 10.7 Å². The van der Waals surface area contributed by atoms with Crippen LogP contribution in [0.1, 0.15) is 19.4 Å². The van der Waals surface area contributed by atoms with Crippen LogP contribution in [0.25, 0.3) is 11.0 Å². The summed E-state index contributed by atoms with van der Waals surface area (Å²) in [4.78, 5) is 18.1. The van der Waals surface area contributed by atoms with Crippen molar-refractivity contribution in [2.24, 2.45) is 0 Å². The number of carbonyl (C=O) groups is 1. The van der Waals surface area contributed by atoms with Gasteiger partial charge in [0.25, 0.3) is 0 Å². The number of fused-ring (bicyclic) bond motifs is 1. The van der Waals surface area contributed by atoms with Crippen LogP contribution >= 0.6 is 0 Å². The summed E-state index contributed by atoms with van der Waals surface area (Å²) in [5.74, 6) is 0.391. The fraction of sp³-hybridized carbons (Fsp3) is 0.333. The van der Waals surface area contributed by atoms with E-state index in [1.165, 1.54) is 7.11 Å². The summed E-state index contributed by atoms with van der Waals surface area (Å²) in [7, 11) is 1.31. The van der Waals surface area contributed by atoms with Crippen molar-refractivity contribution in [3.8, 4) is 0 Å². The third-order valence-corrected chi connectivity index (χ3v) is 2.04. The Morgan fingerprint density at radius 2 is 2.12 bits per heavy atom. The van der Waals surface area contributed by atoms with Crippen LogP contribution in [0, 0.1) is 6.92 Å². The number of rotatable bonds is 1. The molecule has 1 aromatic carbocycles. The second-order valence-electron chi connectivity index (χ2n) is 3.22. The first kappa shape index (κ1) is 13.0. The average molecular weight is 235 g/mol. The molecule has 0 radical (unpaired) electrons. The third kappa shape index (κ3) is 3.21. The van der Waals surface area contributed by atoms with Crippen molar-refractivity contribution in [2.45, 2.75) is 20.8 Å². The minimum absolute atomic E-state index is 0.391. The van der Waals surface area contributed by atoms with Gasteiger partial charge in [0.15, 0.2) is 0 Å². The van der Waals surface area contributed by atoms with E-state index < -0.39 is 6.09 Å². The molecule has 1 amide bonds. The molecule has 1 heterocycles. The van der Waals surface area contributed by atoms with E-state index in [-0.39, 0.29) is 0 Å². The van der Waals surface area contributed by atoms with E-state index in [1.807, 2.05) is 39.0 Å². The Morgan fingerprint density at radius 3 is 2.76 bits per heavy atom. The Labute approximate surface area is 100 Å². The van der Waals surface area contributed by atoms with Crippen LogP contribution in [0.15, 0.2) is 18.2 Å². The smallest absolute Gasteiger partial charge is 0.413 e. The Hall–Kier alpha value is -2.04. The summed E-state index contributed by atoms with van der Waals surface area (Å²) in [6, 6.07) is 5.82. The highest BCUT2D eigenvalue weighted by Crippen LogP contribution is 2.15. The number of ether oxygens (including phenoxy) is 1. The molecule has 2 N–H and O–H groups in total. The Morgan fingerprint density at radius 1 is 1.41 bits per heavy atom. The van der Waals surface area contributed by atoms with Gasteiger partial charge in [-0.15, -0.1) is 0 Å². The number of nitrogens with one attached hydrogen (secondary N) is 2. The van der Waals surface area contributed by atoms with Crippen LogP contribution in [-0.4, -0.2) is 23.2 Å². The highest BCUT2D eigenvalue weighted by molar-refractivity contribution is 5.86. The van der Waals surface area contributed by atoms with Crippen molar-refractivity contribution < 1.29 is 9.53 Å². The minimum atomic E-state index is -0.536. The maximum Gasteiger partial charge on any atom is 0.413 e. The largest absolute Gasteiger partial charge is 0.453 e. The van der Waals surface area contributed by atoms with Crippen LogP contribution in [0.5, 0.6) is 0 Å². The molecule has 17 heavy (non-hydrogen) atoms. The number of H-pyrrole nitrogens is 1. The molecule has 0 spiro atoms. The minimum Gasteiger partial charge on any atom is -0.453 e. The van der Waals surface area contributed by atoms with Crippen LogP contribution in [0.3, 0.4) is 0 Å². The molecule has 0 atom stereocenters. The van der Waals surface area contributed by atoms with Crippen molar-refractivity contribution in [3.63, 3.8) is 0 Å². The zero-order valence-corrected chi connectivity index (χ0v) is 10.5. The van der Waals surface area contributed by atoms with E-state index >= 15 is 0 Å². The molecule has 2 aromatic rings. The fourth-order valence-corrected chi connectivity index (χ4v) is 1.33. The number of imidazole rings is 1. The van der Waals surface area contributed by atoms with E-state index in [9.17, 15) is 4.79 Å². The number of methoxy groups -OCH3 is 1. The van der Waals surface area contributed by atoms with Gasteiger partial charge in [0.1, 0.15) is 0 Å². The molecule has 0 aliphatic heterocycles. The number of benzene rings is 1. The number of carbonyl (C=O) groups excluding carboxylic acids is 1. The molecule has 1 aromatic heterocycles. The number of anilines is 1. The quantitative estimate of drug-likeness (QED) is 0.798. The lowest BCUT2D eigenvalue weighted by atomic mass is 10.2. The summed E-state index contributed by atoms with van der Waals surface area (Å²) >= 11 is 0. The van der Waals surface area contributed by atoms with Crippen LogP contribution < -0.4 is 5.32 Å². The van der Waals surface area contributed by atoms with E-state index in [1.54, 1.807) is 0 Å². The van der Waals surface area contributed by atoms with Crippen molar-refractivity contribution >= 4 is 23.1 Å². The molecule has 5 heteroatoms. The summed E-state index contributed by atoms with van der Waals surface area (Å²) < 4.78 is 4.46. The zero-order valence-electron chi connectivity index (χ0n) is 10.5. The molecule has 0 saturated heterocycles. The van der Waals surface area contributed by atoms with Crippen molar-refractivity contribution in [3.05, 3.63) is 23.8 Å². The number of hydrogen-bond donors (Lipinski definition) is 2. The second kappa shape index (κ2) is 5.89. The maximum absolute atomic E-state index is 10.9. The Balaban J connectivity index is 0.000000686. The molecular formula is C12H17N3O2.